The minimum absolute atomic E-state index is 0.110. The number of rotatable bonds is 3. The Labute approximate surface area is 174 Å². The summed E-state index contributed by atoms with van der Waals surface area (Å²) in [5.41, 5.74) is 3.57. The lowest BCUT2D eigenvalue weighted by atomic mass is 9.90. The van der Waals surface area contributed by atoms with Crippen LogP contribution in [0.15, 0.2) is 71.9 Å². The molecule has 0 unspecified atom stereocenters. The highest BCUT2D eigenvalue weighted by Crippen LogP contribution is 2.38. The molecule has 0 aromatic heterocycles. The molecule has 0 radical (unpaired) electrons. The van der Waals surface area contributed by atoms with Crippen LogP contribution in [0.1, 0.15) is 24.1 Å². The number of aromatic hydroxyl groups is 1. The molecule has 4 rings (SSSR count). The number of allylic oxidation sites excluding steroid dienone is 1. The summed E-state index contributed by atoms with van der Waals surface area (Å²) >= 11 is 5.34. The lowest BCUT2D eigenvalue weighted by Gasteiger charge is -2.31. The van der Waals surface area contributed by atoms with E-state index in [1.54, 1.807) is 6.07 Å². The number of aryl methyl sites for hydroxylation is 1. The third-order valence-electron chi connectivity index (χ3n) is 5.06. The predicted molar refractivity (Wildman–Crippen MR) is 120 cm³/mol. The molecule has 0 saturated carbocycles. The predicted octanol–water partition coefficient (Wildman–Crippen LogP) is 4.29. The van der Waals surface area contributed by atoms with Gasteiger partial charge in [-0.3, -0.25) is 4.79 Å². The van der Waals surface area contributed by atoms with E-state index >= 15 is 0 Å². The Balaban J connectivity index is 1.80. The van der Waals surface area contributed by atoms with Crippen LogP contribution in [-0.2, 0) is 4.79 Å². The number of hydrogen-bond acceptors (Lipinski definition) is 3. The highest BCUT2D eigenvalue weighted by atomic mass is 32.1. The number of phenols is 1. The summed E-state index contributed by atoms with van der Waals surface area (Å²) in [6.45, 7) is 3.81. The molecular formula is C23H21N3O2S. The number of fused-ring (bicyclic) bond motifs is 1. The van der Waals surface area contributed by atoms with Crippen LogP contribution in [0.25, 0.3) is 10.8 Å². The van der Waals surface area contributed by atoms with E-state index in [1.807, 2.05) is 68.4 Å². The van der Waals surface area contributed by atoms with Crippen LogP contribution in [0.5, 0.6) is 5.75 Å². The van der Waals surface area contributed by atoms with Crippen LogP contribution in [0.2, 0.25) is 0 Å². The number of thiocarbonyl (C=S) groups is 1. The molecule has 29 heavy (non-hydrogen) atoms. The molecule has 0 fully saturated rings. The molecule has 4 N–H and O–H groups in total. The van der Waals surface area contributed by atoms with Crippen LogP contribution in [0.4, 0.5) is 5.69 Å². The Kier molecular flexibility index (Phi) is 4.94. The van der Waals surface area contributed by atoms with Crippen molar-refractivity contribution in [1.29, 1.82) is 0 Å². The Morgan fingerprint density at radius 1 is 1.03 bits per heavy atom. The van der Waals surface area contributed by atoms with E-state index in [9.17, 15) is 9.90 Å². The molecule has 146 valence electrons. The first-order valence-corrected chi connectivity index (χ1v) is 9.72. The van der Waals surface area contributed by atoms with Crippen molar-refractivity contribution in [3.63, 3.8) is 0 Å². The molecule has 3 aromatic carbocycles. The monoisotopic (exact) mass is 403 g/mol. The third kappa shape index (κ3) is 3.67. The van der Waals surface area contributed by atoms with Gasteiger partial charge in [0.05, 0.1) is 11.6 Å². The Hall–Kier alpha value is -3.38. The van der Waals surface area contributed by atoms with Gasteiger partial charge in [-0.1, -0.05) is 48.0 Å². The maximum Gasteiger partial charge on any atom is 0.255 e. The van der Waals surface area contributed by atoms with Crippen molar-refractivity contribution in [2.24, 2.45) is 0 Å². The van der Waals surface area contributed by atoms with E-state index in [0.29, 0.717) is 27.6 Å². The summed E-state index contributed by atoms with van der Waals surface area (Å²) < 4.78 is 0. The normalized spacial score (nSPS) is 16.3. The topological polar surface area (TPSA) is 73.4 Å². The number of hydrogen-bond donors (Lipinski definition) is 4. The van der Waals surface area contributed by atoms with Gasteiger partial charge in [-0.15, -0.1) is 0 Å². The van der Waals surface area contributed by atoms with Crippen LogP contribution >= 0.6 is 12.2 Å². The van der Waals surface area contributed by atoms with Crippen LogP contribution in [0.3, 0.4) is 0 Å². The highest BCUT2D eigenvalue weighted by molar-refractivity contribution is 7.80. The van der Waals surface area contributed by atoms with Gasteiger partial charge in [0.15, 0.2) is 5.11 Å². The van der Waals surface area contributed by atoms with E-state index < -0.39 is 6.04 Å². The SMILES string of the molecule is CC1=C(C(=O)Nc2ccc(C)cc2)[C@@H](c2c(O)ccc3ccccc23)NC(=S)N1. The third-order valence-corrected chi connectivity index (χ3v) is 5.28. The average molecular weight is 404 g/mol. The van der Waals surface area contributed by atoms with Gasteiger partial charge in [-0.25, -0.2) is 0 Å². The van der Waals surface area contributed by atoms with Gasteiger partial charge < -0.3 is 21.1 Å². The van der Waals surface area contributed by atoms with Crippen molar-refractivity contribution < 1.29 is 9.90 Å². The molecule has 6 heteroatoms. The molecule has 0 spiro atoms. The van der Waals surface area contributed by atoms with Crippen molar-refractivity contribution >= 4 is 39.7 Å². The minimum Gasteiger partial charge on any atom is -0.508 e. The summed E-state index contributed by atoms with van der Waals surface area (Å²) in [4.78, 5) is 13.2. The second-order valence-electron chi connectivity index (χ2n) is 7.11. The molecule has 1 atom stereocenters. The van der Waals surface area contributed by atoms with Crippen molar-refractivity contribution in [2.75, 3.05) is 5.32 Å². The lowest BCUT2D eigenvalue weighted by molar-refractivity contribution is -0.113. The number of benzene rings is 3. The molecule has 3 aromatic rings. The van der Waals surface area contributed by atoms with Gasteiger partial charge in [0, 0.05) is 16.9 Å². The average Bonchev–Trinajstić information content (AvgIpc) is 2.69. The maximum atomic E-state index is 13.2. The van der Waals surface area contributed by atoms with Gasteiger partial charge in [0.25, 0.3) is 5.91 Å². The van der Waals surface area contributed by atoms with Crippen molar-refractivity contribution in [2.45, 2.75) is 19.9 Å². The first-order chi connectivity index (χ1) is 13.9. The fourth-order valence-corrected chi connectivity index (χ4v) is 3.91. The van der Waals surface area contributed by atoms with E-state index in [2.05, 4.69) is 16.0 Å². The van der Waals surface area contributed by atoms with Gasteiger partial charge in [-0.05, 0) is 55.0 Å². The number of carbonyl (C=O) groups is 1. The Morgan fingerprint density at radius 3 is 2.52 bits per heavy atom. The summed E-state index contributed by atoms with van der Waals surface area (Å²) in [5.74, 6) is -0.148. The molecular weight excluding hydrogens is 382 g/mol. The number of phenolic OH excluding ortho intramolecular Hbond substituents is 1. The summed E-state index contributed by atoms with van der Waals surface area (Å²) in [7, 11) is 0. The molecule has 0 aliphatic carbocycles. The largest absolute Gasteiger partial charge is 0.508 e. The number of nitrogens with one attached hydrogen (secondary N) is 3. The Bertz CT molecular complexity index is 1150. The molecule has 1 aliphatic rings. The smallest absolute Gasteiger partial charge is 0.255 e. The van der Waals surface area contributed by atoms with Gasteiger partial charge in [0.1, 0.15) is 5.75 Å². The number of anilines is 1. The van der Waals surface area contributed by atoms with E-state index in [0.717, 1.165) is 16.3 Å². The standard InChI is InChI=1S/C23H21N3O2S/c1-13-7-10-16(11-8-13)25-22(28)19-14(2)24-23(29)26-21(19)20-17-6-4-3-5-15(17)9-12-18(20)27/h3-12,21,27H,1-2H3,(H,25,28)(H2,24,26,29)/t21-/m0/s1. The van der Waals surface area contributed by atoms with Crippen LogP contribution < -0.4 is 16.0 Å². The molecule has 1 heterocycles. The molecule has 1 aliphatic heterocycles. The second kappa shape index (κ2) is 7.56. The zero-order valence-electron chi connectivity index (χ0n) is 16.1. The van der Waals surface area contributed by atoms with Crippen molar-refractivity contribution in [3.05, 3.63) is 83.1 Å². The van der Waals surface area contributed by atoms with Crippen molar-refractivity contribution in [3.8, 4) is 5.75 Å². The zero-order chi connectivity index (χ0) is 20.5. The molecule has 0 saturated heterocycles. The van der Waals surface area contributed by atoms with Crippen LogP contribution in [-0.4, -0.2) is 16.1 Å². The second-order valence-corrected chi connectivity index (χ2v) is 7.52. The fourth-order valence-electron chi connectivity index (χ4n) is 3.63. The molecule has 0 bridgehead atoms. The lowest BCUT2D eigenvalue weighted by Crippen LogP contribution is -2.45. The van der Waals surface area contributed by atoms with Crippen molar-refractivity contribution in [1.82, 2.24) is 10.6 Å². The molecule has 5 nitrogen and oxygen atoms in total. The summed E-state index contributed by atoms with van der Waals surface area (Å²) in [6, 6.07) is 18.3. The molecule has 1 amide bonds. The van der Waals surface area contributed by atoms with E-state index in [4.69, 9.17) is 12.2 Å². The quantitative estimate of drug-likeness (QED) is 0.491. The van der Waals surface area contributed by atoms with Gasteiger partial charge >= 0.3 is 0 Å². The number of amides is 1. The fraction of sp³-hybridized carbons (Fsp3) is 0.130. The summed E-state index contributed by atoms with van der Waals surface area (Å²) in [5, 5.41) is 22.1. The van der Waals surface area contributed by atoms with Crippen LogP contribution in [0, 0.1) is 6.92 Å². The van der Waals surface area contributed by atoms with E-state index in [1.165, 1.54) is 0 Å². The zero-order valence-corrected chi connectivity index (χ0v) is 16.9. The highest BCUT2D eigenvalue weighted by Gasteiger charge is 2.32. The maximum absolute atomic E-state index is 13.2. The summed E-state index contributed by atoms with van der Waals surface area (Å²) in [6.07, 6.45) is 0. The van der Waals surface area contributed by atoms with E-state index in [-0.39, 0.29) is 11.7 Å². The first kappa shape index (κ1) is 19.0. The van der Waals surface area contributed by atoms with Gasteiger partial charge in [0.2, 0.25) is 0 Å². The minimum atomic E-state index is -0.583. The first-order valence-electron chi connectivity index (χ1n) is 9.31. The number of carbonyl (C=O) groups excluding carboxylic acids is 1. The van der Waals surface area contributed by atoms with Gasteiger partial charge in [-0.2, -0.15) is 0 Å². The Morgan fingerprint density at radius 2 is 1.76 bits per heavy atom.